The van der Waals surface area contributed by atoms with Gasteiger partial charge in [-0.15, -0.1) is 0 Å². The highest BCUT2D eigenvalue weighted by Gasteiger charge is 2.32. The molecular formula is C18H28N2O3S. The lowest BCUT2D eigenvalue weighted by Crippen LogP contribution is -2.48. The SMILES string of the molecule is COc1cccc(S(=O)(=O)N2CCC(N3CCC(C)CC3)CC2)c1. The molecule has 5 nitrogen and oxygen atoms in total. The molecule has 2 heterocycles. The molecule has 6 heteroatoms. The highest BCUT2D eigenvalue weighted by atomic mass is 32.2. The molecule has 3 rings (SSSR count). The first kappa shape index (κ1) is 17.7. The molecule has 0 aliphatic carbocycles. The zero-order chi connectivity index (χ0) is 17.2. The first-order valence-corrected chi connectivity index (χ1v) is 10.3. The molecule has 24 heavy (non-hydrogen) atoms. The lowest BCUT2D eigenvalue weighted by atomic mass is 9.95. The van der Waals surface area contributed by atoms with Crippen molar-refractivity contribution in [2.45, 2.75) is 43.5 Å². The van der Waals surface area contributed by atoms with Crippen LogP contribution in [0.15, 0.2) is 29.2 Å². The molecule has 1 aromatic carbocycles. The van der Waals surface area contributed by atoms with Crippen molar-refractivity contribution in [1.29, 1.82) is 0 Å². The zero-order valence-corrected chi connectivity index (χ0v) is 15.5. The van der Waals surface area contributed by atoms with Gasteiger partial charge in [0.05, 0.1) is 12.0 Å². The van der Waals surface area contributed by atoms with Gasteiger partial charge in [-0.05, 0) is 56.8 Å². The molecule has 1 aromatic rings. The molecule has 0 amide bonds. The Labute approximate surface area is 145 Å². The van der Waals surface area contributed by atoms with Crippen molar-refractivity contribution in [2.24, 2.45) is 5.92 Å². The number of hydrogen-bond acceptors (Lipinski definition) is 4. The number of methoxy groups -OCH3 is 1. The molecule has 0 unspecified atom stereocenters. The molecule has 0 bridgehead atoms. The summed E-state index contributed by atoms with van der Waals surface area (Å²) in [6.07, 6.45) is 4.39. The van der Waals surface area contributed by atoms with Crippen LogP contribution in [-0.4, -0.2) is 57.0 Å². The van der Waals surface area contributed by atoms with Gasteiger partial charge < -0.3 is 9.64 Å². The van der Waals surface area contributed by atoms with Crippen LogP contribution in [0, 0.1) is 5.92 Å². The minimum Gasteiger partial charge on any atom is -0.497 e. The van der Waals surface area contributed by atoms with Crippen molar-refractivity contribution in [3.8, 4) is 5.75 Å². The number of ether oxygens (including phenoxy) is 1. The van der Waals surface area contributed by atoms with E-state index in [1.165, 1.54) is 12.8 Å². The first-order valence-electron chi connectivity index (χ1n) is 8.89. The summed E-state index contributed by atoms with van der Waals surface area (Å²) in [7, 11) is -1.87. The Hall–Kier alpha value is -1.11. The average Bonchev–Trinajstić information content (AvgIpc) is 2.62. The Bertz CT molecular complexity index is 646. The zero-order valence-electron chi connectivity index (χ0n) is 14.6. The van der Waals surface area contributed by atoms with Gasteiger partial charge >= 0.3 is 0 Å². The molecule has 0 aromatic heterocycles. The maximum atomic E-state index is 12.8. The summed E-state index contributed by atoms with van der Waals surface area (Å²) in [5, 5.41) is 0. The molecule has 0 radical (unpaired) electrons. The van der Waals surface area contributed by atoms with Gasteiger partial charge in [-0.3, -0.25) is 0 Å². The summed E-state index contributed by atoms with van der Waals surface area (Å²) in [5.74, 6) is 1.41. The molecule has 0 atom stereocenters. The molecule has 0 saturated carbocycles. The maximum absolute atomic E-state index is 12.8. The third-order valence-electron chi connectivity index (χ3n) is 5.44. The summed E-state index contributed by atoms with van der Waals surface area (Å²) >= 11 is 0. The Balaban J connectivity index is 1.63. The number of nitrogens with zero attached hydrogens (tertiary/aromatic N) is 2. The topological polar surface area (TPSA) is 49.9 Å². The van der Waals surface area contributed by atoms with Crippen molar-refractivity contribution in [3.05, 3.63) is 24.3 Å². The number of likely N-dealkylation sites (tertiary alicyclic amines) is 1. The standard InChI is InChI=1S/C18H28N2O3S/c1-15-6-10-19(11-7-15)16-8-12-20(13-9-16)24(21,22)18-5-3-4-17(14-18)23-2/h3-5,14-16H,6-13H2,1-2H3. The highest BCUT2D eigenvalue weighted by molar-refractivity contribution is 7.89. The monoisotopic (exact) mass is 352 g/mol. The summed E-state index contributed by atoms with van der Waals surface area (Å²) in [6, 6.07) is 7.29. The molecule has 2 aliphatic rings. The van der Waals surface area contributed by atoms with Gasteiger partial charge in [-0.25, -0.2) is 8.42 Å². The predicted molar refractivity (Wildman–Crippen MR) is 94.7 cm³/mol. The van der Waals surface area contributed by atoms with Crippen molar-refractivity contribution in [3.63, 3.8) is 0 Å². The van der Waals surface area contributed by atoms with E-state index in [1.54, 1.807) is 35.7 Å². The third kappa shape index (κ3) is 3.76. The fourth-order valence-corrected chi connectivity index (χ4v) is 5.26. The Morgan fingerprint density at radius 2 is 1.71 bits per heavy atom. The van der Waals surface area contributed by atoms with Crippen LogP contribution < -0.4 is 4.74 Å². The number of benzene rings is 1. The fourth-order valence-electron chi connectivity index (χ4n) is 3.75. The van der Waals surface area contributed by atoms with Crippen molar-refractivity contribution < 1.29 is 13.2 Å². The van der Waals surface area contributed by atoms with Crippen LogP contribution in [0.1, 0.15) is 32.6 Å². The third-order valence-corrected chi connectivity index (χ3v) is 7.33. The van der Waals surface area contributed by atoms with E-state index in [4.69, 9.17) is 4.74 Å². The van der Waals surface area contributed by atoms with Crippen LogP contribution in [0.5, 0.6) is 5.75 Å². The second-order valence-electron chi connectivity index (χ2n) is 7.03. The Morgan fingerprint density at radius 1 is 1.04 bits per heavy atom. The molecule has 2 aliphatic heterocycles. The van der Waals surface area contributed by atoms with E-state index < -0.39 is 10.0 Å². The fraction of sp³-hybridized carbons (Fsp3) is 0.667. The van der Waals surface area contributed by atoms with E-state index in [1.807, 2.05) is 0 Å². The van der Waals surface area contributed by atoms with Crippen LogP contribution in [-0.2, 0) is 10.0 Å². The van der Waals surface area contributed by atoms with Crippen LogP contribution >= 0.6 is 0 Å². The predicted octanol–water partition coefficient (Wildman–Crippen LogP) is 2.58. The number of sulfonamides is 1. The van der Waals surface area contributed by atoms with Gasteiger partial charge in [0, 0.05) is 25.2 Å². The molecular weight excluding hydrogens is 324 g/mol. The normalized spacial score (nSPS) is 22.6. The Morgan fingerprint density at radius 3 is 2.33 bits per heavy atom. The number of hydrogen-bond donors (Lipinski definition) is 0. The van der Waals surface area contributed by atoms with E-state index in [0.29, 0.717) is 29.8 Å². The molecule has 134 valence electrons. The van der Waals surface area contributed by atoms with Crippen molar-refractivity contribution in [2.75, 3.05) is 33.3 Å². The Kier molecular flexibility index (Phi) is 5.47. The molecule has 2 saturated heterocycles. The molecule has 0 N–H and O–H groups in total. The minimum absolute atomic E-state index is 0.326. The maximum Gasteiger partial charge on any atom is 0.243 e. The van der Waals surface area contributed by atoms with E-state index in [2.05, 4.69) is 11.8 Å². The van der Waals surface area contributed by atoms with E-state index in [0.717, 1.165) is 31.8 Å². The molecule has 0 spiro atoms. The first-order chi connectivity index (χ1) is 11.5. The van der Waals surface area contributed by atoms with Crippen LogP contribution in [0.4, 0.5) is 0 Å². The van der Waals surface area contributed by atoms with Gasteiger partial charge in [0.1, 0.15) is 5.75 Å². The van der Waals surface area contributed by atoms with E-state index >= 15 is 0 Å². The van der Waals surface area contributed by atoms with Crippen molar-refractivity contribution in [1.82, 2.24) is 9.21 Å². The second-order valence-corrected chi connectivity index (χ2v) is 8.97. The van der Waals surface area contributed by atoms with Crippen LogP contribution in [0.3, 0.4) is 0 Å². The van der Waals surface area contributed by atoms with Gasteiger partial charge in [0.25, 0.3) is 0 Å². The highest BCUT2D eigenvalue weighted by Crippen LogP contribution is 2.27. The summed E-state index contributed by atoms with van der Waals surface area (Å²) in [5.41, 5.74) is 0. The largest absolute Gasteiger partial charge is 0.497 e. The smallest absolute Gasteiger partial charge is 0.243 e. The number of rotatable bonds is 4. The van der Waals surface area contributed by atoms with Gasteiger partial charge in [-0.1, -0.05) is 13.0 Å². The quantitative estimate of drug-likeness (QED) is 0.836. The number of piperidine rings is 2. The van der Waals surface area contributed by atoms with Gasteiger partial charge in [-0.2, -0.15) is 4.31 Å². The van der Waals surface area contributed by atoms with Gasteiger partial charge in [0.2, 0.25) is 10.0 Å². The van der Waals surface area contributed by atoms with E-state index in [-0.39, 0.29) is 0 Å². The lowest BCUT2D eigenvalue weighted by Gasteiger charge is -2.41. The second kappa shape index (κ2) is 7.42. The summed E-state index contributed by atoms with van der Waals surface area (Å²) in [6.45, 7) is 5.86. The summed E-state index contributed by atoms with van der Waals surface area (Å²) in [4.78, 5) is 2.89. The van der Waals surface area contributed by atoms with Crippen LogP contribution in [0.2, 0.25) is 0 Å². The average molecular weight is 353 g/mol. The van der Waals surface area contributed by atoms with Crippen molar-refractivity contribution >= 4 is 10.0 Å². The molecule has 2 fully saturated rings. The summed E-state index contributed by atoms with van der Waals surface area (Å²) < 4.78 is 32.5. The van der Waals surface area contributed by atoms with Crippen LogP contribution in [0.25, 0.3) is 0 Å². The lowest BCUT2D eigenvalue weighted by molar-refractivity contribution is 0.101. The van der Waals surface area contributed by atoms with Gasteiger partial charge in [0.15, 0.2) is 0 Å². The minimum atomic E-state index is -3.42. The van der Waals surface area contributed by atoms with E-state index in [9.17, 15) is 8.42 Å².